The largest absolute Gasteiger partial charge is 0.481 e. The summed E-state index contributed by atoms with van der Waals surface area (Å²) >= 11 is 0. The number of benzene rings is 2. The molecule has 2 aromatic carbocycles. The molecule has 0 amide bonds. The molecule has 0 saturated carbocycles. The average molecular weight is 329 g/mol. The molecule has 0 saturated heterocycles. The van der Waals surface area contributed by atoms with Gasteiger partial charge in [0.25, 0.3) is 0 Å². The van der Waals surface area contributed by atoms with Crippen LogP contribution in [0.5, 0.6) is 0 Å². The van der Waals surface area contributed by atoms with Crippen molar-refractivity contribution in [1.82, 2.24) is 0 Å². The molecule has 126 valence electrons. The van der Waals surface area contributed by atoms with Gasteiger partial charge in [-0.2, -0.15) is 0 Å². The fourth-order valence-corrected chi connectivity index (χ4v) is 2.64. The lowest BCUT2D eigenvalue weighted by molar-refractivity contribution is -0.137. The molecule has 4 nitrogen and oxygen atoms in total. The summed E-state index contributed by atoms with van der Waals surface area (Å²) in [5, 5.41) is 12.1. The maximum absolute atomic E-state index is 13.9. The summed E-state index contributed by atoms with van der Waals surface area (Å²) in [5.74, 6) is -1.84. The molecule has 0 radical (unpaired) electrons. The number of Topliss-reactive ketones (excluding diaryl/α,β-unsaturated/α-hetero) is 1. The second-order valence-corrected chi connectivity index (χ2v) is 5.68. The standard InChI is InChI=1S/C19H20FNO3/c1-13(22)19-16(20)8-5-9-17(19)21-15(10-11-18(23)24)12-14-6-3-2-4-7-14/h2-9,15,21H,10-12H2,1H3,(H,23,24). The Labute approximate surface area is 140 Å². The summed E-state index contributed by atoms with van der Waals surface area (Å²) in [6.07, 6.45) is 0.954. The molecule has 2 rings (SSSR count). The van der Waals surface area contributed by atoms with Crippen molar-refractivity contribution in [3.63, 3.8) is 0 Å². The minimum atomic E-state index is -0.888. The van der Waals surface area contributed by atoms with Crippen LogP contribution in [0.1, 0.15) is 35.7 Å². The number of hydrogen-bond acceptors (Lipinski definition) is 3. The van der Waals surface area contributed by atoms with Gasteiger partial charge in [-0.05, 0) is 37.5 Å². The zero-order chi connectivity index (χ0) is 17.5. The van der Waals surface area contributed by atoms with Crippen LogP contribution in [0, 0.1) is 5.82 Å². The van der Waals surface area contributed by atoms with Gasteiger partial charge in [-0.15, -0.1) is 0 Å². The number of ketones is 1. The van der Waals surface area contributed by atoms with Crippen LogP contribution < -0.4 is 5.32 Å². The van der Waals surface area contributed by atoms with Crippen molar-refractivity contribution in [2.45, 2.75) is 32.2 Å². The second-order valence-electron chi connectivity index (χ2n) is 5.68. The molecule has 1 unspecified atom stereocenters. The monoisotopic (exact) mass is 329 g/mol. The number of rotatable bonds is 8. The Morgan fingerprint density at radius 2 is 1.83 bits per heavy atom. The molecular weight excluding hydrogens is 309 g/mol. The first-order valence-electron chi connectivity index (χ1n) is 7.79. The first-order chi connectivity index (χ1) is 11.5. The third-order valence-electron chi connectivity index (χ3n) is 3.76. The van der Waals surface area contributed by atoms with Gasteiger partial charge in [0.05, 0.1) is 5.56 Å². The normalized spacial score (nSPS) is 11.8. The predicted octanol–water partition coefficient (Wildman–Crippen LogP) is 3.92. The van der Waals surface area contributed by atoms with Crippen LogP contribution in [0.15, 0.2) is 48.5 Å². The van der Waals surface area contributed by atoms with E-state index in [1.807, 2.05) is 30.3 Å². The number of nitrogens with one attached hydrogen (secondary N) is 1. The van der Waals surface area contributed by atoms with Crippen LogP contribution in [0.2, 0.25) is 0 Å². The van der Waals surface area contributed by atoms with Gasteiger partial charge in [0.2, 0.25) is 0 Å². The van der Waals surface area contributed by atoms with Crippen LogP contribution in [-0.2, 0) is 11.2 Å². The smallest absolute Gasteiger partial charge is 0.303 e. The molecule has 0 aliphatic rings. The van der Waals surface area contributed by atoms with Crippen LogP contribution in [0.4, 0.5) is 10.1 Å². The number of carbonyl (C=O) groups excluding carboxylic acids is 1. The third kappa shape index (κ3) is 4.91. The highest BCUT2D eigenvalue weighted by Crippen LogP contribution is 2.22. The summed E-state index contributed by atoms with van der Waals surface area (Å²) in [6, 6.07) is 13.8. The second kappa shape index (κ2) is 8.24. The molecule has 5 heteroatoms. The molecule has 2 aromatic rings. The Hall–Kier alpha value is -2.69. The van der Waals surface area contributed by atoms with E-state index in [4.69, 9.17) is 5.11 Å². The SMILES string of the molecule is CC(=O)c1c(F)cccc1NC(CCC(=O)O)Cc1ccccc1. The van der Waals surface area contributed by atoms with E-state index in [-0.39, 0.29) is 23.8 Å². The summed E-state index contributed by atoms with van der Waals surface area (Å²) in [4.78, 5) is 22.6. The van der Waals surface area contributed by atoms with Crippen molar-refractivity contribution in [3.05, 3.63) is 65.5 Å². The highest BCUT2D eigenvalue weighted by Gasteiger charge is 2.17. The molecule has 0 aromatic heterocycles. The number of halogens is 1. The zero-order valence-corrected chi connectivity index (χ0v) is 13.5. The van der Waals surface area contributed by atoms with Crippen molar-refractivity contribution in [2.75, 3.05) is 5.32 Å². The third-order valence-corrected chi connectivity index (χ3v) is 3.76. The van der Waals surface area contributed by atoms with Gasteiger partial charge in [-0.1, -0.05) is 36.4 Å². The van der Waals surface area contributed by atoms with Gasteiger partial charge in [-0.3, -0.25) is 9.59 Å². The van der Waals surface area contributed by atoms with Crippen molar-refractivity contribution >= 4 is 17.4 Å². The van der Waals surface area contributed by atoms with Crippen molar-refractivity contribution in [1.29, 1.82) is 0 Å². The van der Waals surface area contributed by atoms with Crippen LogP contribution >= 0.6 is 0 Å². The Morgan fingerprint density at radius 1 is 1.12 bits per heavy atom. The molecule has 2 N–H and O–H groups in total. The lowest BCUT2D eigenvalue weighted by Crippen LogP contribution is -2.25. The lowest BCUT2D eigenvalue weighted by atomic mass is 10.00. The molecule has 0 aliphatic carbocycles. The molecule has 0 bridgehead atoms. The summed E-state index contributed by atoms with van der Waals surface area (Å²) in [6.45, 7) is 1.31. The molecule has 0 fully saturated rings. The van der Waals surface area contributed by atoms with E-state index >= 15 is 0 Å². The average Bonchev–Trinajstić information content (AvgIpc) is 2.53. The minimum absolute atomic E-state index is 0.00474. The van der Waals surface area contributed by atoms with E-state index in [0.717, 1.165) is 5.56 Å². The molecule has 1 atom stereocenters. The topological polar surface area (TPSA) is 66.4 Å². The van der Waals surface area contributed by atoms with Crippen LogP contribution in [0.3, 0.4) is 0 Å². The first-order valence-corrected chi connectivity index (χ1v) is 7.79. The molecule has 0 spiro atoms. The maximum Gasteiger partial charge on any atom is 0.303 e. The quantitative estimate of drug-likeness (QED) is 0.721. The number of hydrogen-bond donors (Lipinski definition) is 2. The Balaban J connectivity index is 2.23. The Bertz CT molecular complexity index is 716. The van der Waals surface area contributed by atoms with Crippen molar-refractivity contribution in [3.8, 4) is 0 Å². The summed E-state index contributed by atoms with van der Waals surface area (Å²) in [7, 11) is 0. The lowest BCUT2D eigenvalue weighted by Gasteiger charge is -2.21. The van der Waals surface area contributed by atoms with E-state index in [0.29, 0.717) is 18.5 Å². The highest BCUT2D eigenvalue weighted by molar-refractivity contribution is 5.99. The molecule has 24 heavy (non-hydrogen) atoms. The zero-order valence-electron chi connectivity index (χ0n) is 13.5. The van der Waals surface area contributed by atoms with Gasteiger partial charge in [-0.25, -0.2) is 4.39 Å². The van der Waals surface area contributed by atoms with Gasteiger partial charge in [0.15, 0.2) is 5.78 Å². The van der Waals surface area contributed by atoms with E-state index in [9.17, 15) is 14.0 Å². The van der Waals surface area contributed by atoms with Gasteiger partial charge in [0.1, 0.15) is 5.82 Å². The van der Waals surface area contributed by atoms with Crippen LogP contribution in [-0.4, -0.2) is 22.9 Å². The number of carboxylic acids is 1. The first kappa shape index (κ1) is 17.7. The fraction of sp³-hybridized carbons (Fsp3) is 0.263. The fourth-order valence-electron chi connectivity index (χ4n) is 2.64. The molecule has 0 aliphatic heterocycles. The van der Waals surface area contributed by atoms with Gasteiger partial charge < -0.3 is 10.4 Å². The van der Waals surface area contributed by atoms with E-state index in [1.54, 1.807) is 6.07 Å². The van der Waals surface area contributed by atoms with Gasteiger partial charge in [0, 0.05) is 18.2 Å². The summed E-state index contributed by atoms with van der Waals surface area (Å²) in [5.41, 5.74) is 1.45. The van der Waals surface area contributed by atoms with Crippen molar-refractivity contribution in [2.24, 2.45) is 0 Å². The minimum Gasteiger partial charge on any atom is -0.481 e. The molecule has 0 heterocycles. The van der Waals surface area contributed by atoms with Crippen molar-refractivity contribution < 1.29 is 19.1 Å². The van der Waals surface area contributed by atoms with E-state index in [2.05, 4.69) is 5.32 Å². The number of carboxylic acid groups (broad SMARTS) is 1. The van der Waals surface area contributed by atoms with Gasteiger partial charge >= 0.3 is 5.97 Å². The number of carbonyl (C=O) groups is 2. The van der Waals surface area contributed by atoms with Crippen LogP contribution in [0.25, 0.3) is 0 Å². The van der Waals surface area contributed by atoms with E-state index in [1.165, 1.54) is 19.1 Å². The predicted molar refractivity (Wildman–Crippen MR) is 90.8 cm³/mol. The Morgan fingerprint density at radius 3 is 2.46 bits per heavy atom. The highest BCUT2D eigenvalue weighted by atomic mass is 19.1. The summed E-state index contributed by atoms with van der Waals surface area (Å²) < 4.78 is 13.9. The maximum atomic E-state index is 13.9. The van der Waals surface area contributed by atoms with E-state index < -0.39 is 11.8 Å². The molecular formula is C19H20FNO3. The number of anilines is 1. The Kier molecular flexibility index (Phi) is 6.07. The number of aliphatic carboxylic acids is 1.